The maximum atomic E-state index is 12.7. The lowest BCUT2D eigenvalue weighted by Crippen LogP contribution is -2.25. The Labute approximate surface area is 176 Å². The van der Waals surface area contributed by atoms with Crippen molar-refractivity contribution in [2.75, 3.05) is 11.9 Å². The van der Waals surface area contributed by atoms with E-state index >= 15 is 0 Å². The number of fused-ring (bicyclic) bond motifs is 1. The molecule has 0 radical (unpaired) electrons. The monoisotopic (exact) mass is 438 g/mol. The van der Waals surface area contributed by atoms with E-state index in [0.717, 1.165) is 0 Å². The Morgan fingerprint density at radius 3 is 2.46 bits per heavy atom. The molecule has 3 aromatic rings. The van der Waals surface area contributed by atoms with Crippen LogP contribution in [0, 0.1) is 0 Å². The van der Waals surface area contributed by atoms with Gasteiger partial charge in [0, 0.05) is 17.0 Å². The van der Waals surface area contributed by atoms with Crippen molar-refractivity contribution in [1.82, 2.24) is 4.57 Å². The van der Waals surface area contributed by atoms with Crippen LogP contribution in [0.5, 0.6) is 0 Å². The lowest BCUT2D eigenvalue weighted by Gasteiger charge is -2.15. The molecule has 1 atom stereocenters. The molecule has 5 nitrogen and oxygen atoms in total. The fourth-order valence-corrected chi connectivity index (χ4v) is 3.43. The number of nitrogens with one attached hydrogen (secondary N) is 1. The zero-order valence-electron chi connectivity index (χ0n) is 14.9. The second-order valence-corrected chi connectivity index (χ2v) is 7.64. The van der Waals surface area contributed by atoms with Crippen LogP contribution in [-0.2, 0) is 11.2 Å². The molecule has 0 aliphatic rings. The van der Waals surface area contributed by atoms with Gasteiger partial charge in [-0.15, -0.1) is 0 Å². The highest BCUT2D eigenvalue weighted by Crippen LogP contribution is 2.30. The van der Waals surface area contributed by atoms with E-state index < -0.39 is 0 Å². The van der Waals surface area contributed by atoms with Crippen LogP contribution < -0.4 is 10.9 Å². The molecule has 3 rings (SSSR count). The molecule has 8 heteroatoms. The highest BCUT2D eigenvalue weighted by molar-refractivity contribution is 6.42. The number of rotatable bonds is 5. The summed E-state index contributed by atoms with van der Waals surface area (Å²) in [6.07, 6.45) is 1.65. The number of aliphatic hydroxyl groups is 1. The lowest BCUT2D eigenvalue weighted by molar-refractivity contribution is -0.115. The summed E-state index contributed by atoms with van der Waals surface area (Å²) in [5.41, 5.74) is 0.795. The topological polar surface area (TPSA) is 71.3 Å². The van der Waals surface area contributed by atoms with E-state index in [-0.39, 0.29) is 30.5 Å². The number of anilines is 1. The Balaban J connectivity index is 1.94. The van der Waals surface area contributed by atoms with E-state index in [2.05, 4.69) is 5.32 Å². The number of pyridine rings is 1. The van der Waals surface area contributed by atoms with E-state index in [4.69, 9.17) is 34.8 Å². The average molecular weight is 440 g/mol. The van der Waals surface area contributed by atoms with Crippen molar-refractivity contribution in [3.8, 4) is 0 Å². The van der Waals surface area contributed by atoms with Gasteiger partial charge >= 0.3 is 0 Å². The Bertz CT molecular complexity index is 1110. The van der Waals surface area contributed by atoms with Crippen LogP contribution in [0.2, 0.25) is 15.1 Å². The molecule has 0 bridgehead atoms. The number of halogens is 3. The summed E-state index contributed by atoms with van der Waals surface area (Å²) in [5, 5.41) is 14.1. The molecule has 146 valence electrons. The van der Waals surface area contributed by atoms with Crippen LogP contribution in [-0.4, -0.2) is 22.2 Å². The number of aromatic nitrogens is 1. The first kappa shape index (κ1) is 20.7. The van der Waals surface area contributed by atoms with Crippen LogP contribution in [0.3, 0.4) is 0 Å². The van der Waals surface area contributed by atoms with Gasteiger partial charge in [0.05, 0.1) is 39.8 Å². The van der Waals surface area contributed by atoms with Gasteiger partial charge in [-0.3, -0.25) is 9.59 Å². The molecular weight excluding hydrogens is 423 g/mol. The minimum absolute atomic E-state index is 0.0716. The Hall–Kier alpha value is -2.05. The Kier molecular flexibility index (Phi) is 6.30. The minimum Gasteiger partial charge on any atom is -0.394 e. The first-order valence-electron chi connectivity index (χ1n) is 8.49. The van der Waals surface area contributed by atoms with E-state index in [1.807, 2.05) is 0 Å². The first-order valence-corrected chi connectivity index (χ1v) is 9.63. The predicted octanol–water partition coefficient (Wildman–Crippen LogP) is 4.70. The maximum absolute atomic E-state index is 12.7. The highest BCUT2D eigenvalue weighted by Gasteiger charge is 2.15. The molecule has 0 fully saturated rings. The van der Waals surface area contributed by atoms with Crippen molar-refractivity contribution in [3.05, 3.63) is 73.6 Å². The molecule has 1 unspecified atom stereocenters. The van der Waals surface area contributed by atoms with Crippen molar-refractivity contribution in [1.29, 1.82) is 0 Å². The van der Waals surface area contributed by atoms with Gasteiger partial charge < -0.3 is 15.0 Å². The van der Waals surface area contributed by atoms with Crippen LogP contribution >= 0.6 is 34.8 Å². The Morgan fingerprint density at radius 2 is 1.79 bits per heavy atom. The van der Waals surface area contributed by atoms with Gasteiger partial charge in [-0.1, -0.05) is 40.9 Å². The number of carbonyl (C=O) groups excluding carboxylic acids is 1. The summed E-state index contributed by atoms with van der Waals surface area (Å²) in [6, 6.07) is 9.48. The van der Waals surface area contributed by atoms with Gasteiger partial charge in [-0.25, -0.2) is 0 Å². The third-order valence-corrected chi connectivity index (χ3v) is 5.47. The van der Waals surface area contributed by atoms with Gasteiger partial charge in [0.1, 0.15) is 0 Å². The lowest BCUT2D eigenvalue weighted by atomic mass is 10.1. The van der Waals surface area contributed by atoms with Gasteiger partial charge in [0.25, 0.3) is 5.56 Å². The summed E-state index contributed by atoms with van der Waals surface area (Å²) >= 11 is 18.2. The fraction of sp³-hybridized carbons (Fsp3) is 0.200. The van der Waals surface area contributed by atoms with Crippen molar-refractivity contribution in [2.24, 2.45) is 0 Å². The molecular formula is C20H17Cl3N2O3. The predicted molar refractivity (Wildman–Crippen MR) is 114 cm³/mol. The minimum atomic E-state index is -0.361. The summed E-state index contributed by atoms with van der Waals surface area (Å²) in [5.74, 6) is -0.305. The second kappa shape index (κ2) is 8.53. The van der Waals surface area contributed by atoms with Crippen LogP contribution in [0.15, 0.2) is 47.4 Å². The van der Waals surface area contributed by atoms with E-state index in [9.17, 15) is 14.7 Å². The molecule has 0 aliphatic carbocycles. The third kappa shape index (κ3) is 4.18. The molecule has 0 saturated carbocycles. The highest BCUT2D eigenvalue weighted by atomic mass is 35.5. The number of hydrogen-bond donors (Lipinski definition) is 2. The molecule has 0 saturated heterocycles. The van der Waals surface area contributed by atoms with Crippen LogP contribution in [0.25, 0.3) is 10.8 Å². The quantitative estimate of drug-likeness (QED) is 0.605. The number of hydrogen-bond acceptors (Lipinski definition) is 3. The normalized spacial score (nSPS) is 12.2. The molecule has 1 amide bonds. The van der Waals surface area contributed by atoms with Crippen molar-refractivity contribution >= 4 is 57.2 Å². The van der Waals surface area contributed by atoms with Gasteiger partial charge in [0.15, 0.2) is 0 Å². The number of benzene rings is 2. The summed E-state index contributed by atoms with van der Waals surface area (Å²) in [7, 11) is 0. The average Bonchev–Trinajstić information content (AvgIpc) is 2.66. The maximum Gasteiger partial charge on any atom is 0.258 e. The van der Waals surface area contributed by atoms with E-state index in [0.29, 0.717) is 37.1 Å². The second-order valence-electron chi connectivity index (χ2n) is 6.42. The Morgan fingerprint density at radius 1 is 1.07 bits per heavy atom. The fourth-order valence-electron chi connectivity index (χ4n) is 2.89. The number of amides is 1. The van der Waals surface area contributed by atoms with E-state index in [1.54, 1.807) is 49.5 Å². The molecule has 0 spiro atoms. The van der Waals surface area contributed by atoms with Crippen LogP contribution in [0.4, 0.5) is 5.69 Å². The molecule has 0 aliphatic heterocycles. The molecule has 28 heavy (non-hydrogen) atoms. The largest absolute Gasteiger partial charge is 0.394 e. The van der Waals surface area contributed by atoms with Crippen molar-refractivity contribution in [3.63, 3.8) is 0 Å². The molecule has 2 N–H and O–H groups in total. The molecule has 1 aromatic heterocycles. The van der Waals surface area contributed by atoms with Gasteiger partial charge in [-0.05, 0) is 42.8 Å². The van der Waals surface area contributed by atoms with E-state index in [1.165, 1.54) is 4.57 Å². The number of carbonyl (C=O) groups is 1. The summed E-state index contributed by atoms with van der Waals surface area (Å²) < 4.78 is 1.44. The standard InChI is InChI=1S/C20H17Cl3N2O3/c1-11(10-26)25-7-6-13-14(20(25)28)3-5-16(22)19(13)24-18(27)9-12-2-4-15(21)17(23)8-12/h2-8,11,26H,9-10H2,1H3,(H,24,27). The van der Waals surface area contributed by atoms with Gasteiger partial charge in [-0.2, -0.15) is 0 Å². The molecule has 1 heterocycles. The van der Waals surface area contributed by atoms with Crippen LogP contribution in [0.1, 0.15) is 18.5 Å². The number of nitrogens with zero attached hydrogens (tertiary/aromatic N) is 1. The number of aliphatic hydroxyl groups excluding tert-OH is 1. The molecule has 2 aromatic carbocycles. The smallest absolute Gasteiger partial charge is 0.258 e. The summed E-state index contributed by atoms with van der Waals surface area (Å²) in [6.45, 7) is 1.58. The SMILES string of the molecule is CC(CO)n1ccc2c(NC(=O)Cc3ccc(Cl)c(Cl)c3)c(Cl)ccc2c1=O. The first-order chi connectivity index (χ1) is 13.3. The van der Waals surface area contributed by atoms with Gasteiger partial charge in [0.2, 0.25) is 5.91 Å². The van der Waals surface area contributed by atoms with Crippen molar-refractivity contribution < 1.29 is 9.90 Å². The third-order valence-electron chi connectivity index (χ3n) is 4.41. The van der Waals surface area contributed by atoms with Crippen molar-refractivity contribution in [2.45, 2.75) is 19.4 Å². The zero-order chi connectivity index (χ0) is 20.4. The zero-order valence-corrected chi connectivity index (χ0v) is 17.1. The summed E-state index contributed by atoms with van der Waals surface area (Å²) in [4.78, 5) is 25.2.